The molecule has 0 aliphatic heterocycles. The van der Waals surface area contributed by atoms with Crippen molar-refractivity contribution in [3.63, 3.8) is 0 Å². The molecule has 0 aliphatic rings. The van der Waals surface area contributed by atoms with Crippen LogP contribution in [-0.4, -0.2) is 20.0 Å². The number of carbonyl (C=O) groups excluding carboxylic acids is 1. The summed E-state index contributed by atoms with van der Waals surface area (Å²) in [4.78, 5) is 22.5. The van der Waals surface area contributed by atoms with E-state index in [0.717, 1.165) is 0 Å². The summed E-state index contributed by atoms with van der Waals surface area (Å²) in [6.45, 7) is 1.84. The smallest absolute Gasteiger partial charge is 0.300 e. The Bertz CT molecular complexity index is 553. The number of pyridine rings is 1. The maximum absolute atomic E-state index is 11.7. The van der Waals surface area contributed by atoms with Gasteiger partial charge in [-0.2, -0.15) is 0 Å². The molecular formula is C10H11N3O2. The highest BCUT2D eigenvalue weighted by molar-refractivity contribution is 5.75. The van der Waals surface area contributed by atoms with Crippen LogP contribution in [0.1, 0.15) is 13.3 Å². The fraction of sp³-hybridized carbons (Fsp3) is 0.300. The molecule has 5 nitrogen and oxygen atoms in total. The predicted octanol–water partition coefficient (Wildman–Crippen LogP) is 0.475. The van der Waals surface area contributed by atoms with Crippen LogP contribution in [0.25, 0.3) is 5.65 Å². The van der Waals surface area contributed by atoms with E-state index < -0.39 is 0 Å². The van der Waals surface area contributed by atoms with Crippen molar-refractivity contribution in [1.82, 2.24) is 14.2 Å². The summed E-state index contributed by atoms with van der Waals surface area (Å²) < 4.78 is 2.77. The molecule has 2 rings (SSSR count). The maximum Gasteiger partial charge on any atom is 0.350 e. The lowest BCUT2D eigenvalue weighted by Gasteiger charge is -1.94. The number of Topliss-reactive ketones (excluding diaryl/α,β-unsaturated/α-hetero) is 1. The van der Waals surface area contributed by atoms with E-state index in [1.807, 2.05) is 6.07 Å². The van der Waals surface area contributed by atoms with Gasteiger partial charge in [0, 0.05) is 12.6 Å². The summed E-state index contributed by atoms with van der Waals surface area (Å²) in [6.07, 6.45) is 2.00. The standard InChI is InChI=1S/C10H11N3O2/c1-8(14)5-7-13-10(15)12-6-3-2-4-9(12)11-13/h2-4,6H,5,7H2,1H3. The third-order valence-electron chi connectivity index (χ3n) is 2.16. The Balaban J connectivity index is 2.40. The first-order chi connectivity index (χ1) is 7.18. The predicted molar refractivity (Wildman–Crippen MR) is 54.8 cm³/mol. The number of carbonyl (C=O) groups is 1. The fourth-order valence-corrected chi connectivity index (χ4v) is 1.38. The minimum atomic E-state index is -0.202. The molecule has 0 N–H and O–H groups in total. The van der Waals surface area contributed by atoms with Crippen molar-refractivity contribution in [1.29, 1.82) is 0 Å². The molecule has 15 heavy (non-hydrogen) atoms. The molecule has 2 aromatic rings. The van der Waals surface area contributed by atoms with Crippen LogP contribution in [0.4, 0.5) is 0 Å². The molecule has 0 atom stereocenters. The van der Waals surface area contributed by atoms with E-state index >= 15 is 0 Å². The Morgan fingerprint density at radius 2 is 2.27 bits per heavy atom. The van der Waals surface area contributed by atoms with Gasteiger partial charge < -0.3 is 0 Å². The first-order valence-corrected chi connectivity index (χ1v) is 4.72. The van der Waals surface area contributed by atoms with E-state index in [0.29, 0.717) is 18.6 Å². The Morgan fingerprint density at radius 3 is 2.93 bits per heavy atom. The molecular weight excluding hydrogens is 194 g/mol. The Morgan fingerprint density at radius 1 is 1.47 bits per heavy atom. The summed E-state index contributed by atoms with van der Waals surface area (Å²) in [5, 5.41) is 4.10. The zero-order valence-electron chi connectivity index (χ0n) is 8.38. The van der Waals surface area contributed by atoms with Gasteiger partial charge in [-0.25, -0.2) is 9.48 Å². The van der Waals surface area contributed by atoms with Crippen molar-refractivity contribution in [2.45, 2.75) is 19.9 Å². The SMILES string of the molecule is CC(=O)CCn1nc2ccccn2c1=O. The molecule has 0 radical (unpaired) electrons. The van der Waals surface area contributed by atoms with E-state index in [4.69, 9.17) is 0 Å². The van der Waals surface area contributed by atoms with Gasteiger partial charge in [0.15, 0.2) is 5.65 Å². The van der Waals surface area contributed by atoms with E-state index in [1.54, 1.807) is 18.3 Å². The number of hydrogen-bond acceptors (Lipinski definition) is 3. The van der Waals surface area contributed by atoms with E-state index in [9.17, 15) is 9.59 Å². The first-order valence-electron chi connectivity index (χ1n) is 4.72. The second-order valence-corrected chi connectivity index (χ2v) is 3.39. The second-order valence-electron chi connectivity index (χ2n) is 3.39. The Kier molecular flexibility index (Phi) is 2.37. The normalized spacial score (nSPS) is 10.7. The van der Waals surface area contributed by atoms with Gasteiger partial charge in [0.2, 0.25) is 0 Å². The highest BCUT2D eigenvalue weighted by Crippen LogP contribution is 1.95. The molecule has 0 bridgehead atoms. The molecule has 0 aliphatic carbocycles. The number of nitrogens with zero attached hydrogens (tertiary/aromatic N) is 3. The molecule has 2 heterocycles. The van der Waals surface area contributed by atoms with Crippen molar-refractivity contribution < 1.29 is 4.79 Å². The van der Waals surface area contributed by atoms with E-state index in [1.165, 1.54) is 16.0 Å². The van der Waals surface area contributed by atoms with Crippen LogP contribution in [0.3, 0.4) is 0 Å². The van der Waals surface area contributed by atoms with E-state index in [-0.39, 0.29) is 11.5 Å². The Labute approximate surface area is 86.0 Å². The largest absolute Gasteiger partial charge is 0.350 e. The Hall–Kier alpha value is -1.91. The number of rotatable bonds is 3. The van der Waals surface area contributed by atoms with Gasteiger partial charge >= 0.3 is 5.69 Å². The lowest BCUT2D eigenvalue weighted by molar-refractivity contribution is -0.117. The average Bonchev–Trinajstić information content (AvgIpc) is 2.54. The minimum absolute atomic E-state index is 0.0546. The molecule has 0 unspecified atom stereocenters. The van der Waals surface area contributed by atoms with Crippen LogP contribution >= 0.6 is 0 Å². The molecule has 5 heteroatoms. The average molecular weight is 205 g/mol. The van der Waals surface area contributed by atoms with Crippen molar-refractivity contribution >= 4 is 11.4 Å². The van der Waals surface area contributed by atoms with Crippen LogP contribution in [0, 0.1) is 0 Å². The molecule has 78 valence electrons. The highest BCUT2D eigenvalue weighted by Gasteiger charge is 2.05. The number of aryl methyl sites for hydroxylation is 1. The summed E-state index contributed by atoms with van der Waals surface area (Å²) in [6, 6.07) is 5.34. The maximum atomic E-state index is 11.7. The fourth-order valence-electron chi connectivity index (χ4n) is 1.38. The molecule has 0 aromatic carbocycles. The van der Waals surface area contributed by atoms with Crippen LogP contribution in [0.2, 0.25) is 0 Å². The van der Waals surface area contributed by atoms with Gasteiger partial charge in [-0.1, -0.05) is 6.07 Å². The van der Waals surface area contributed by atoms with Crippen molar-refractivity contribution in [3.05, 3.63) is 34.9 Å². The van der Waals surface area contributed by atoms with Crippen molar-refractivity contribution in [2.24, 2.45) is 0 Å². The van der Waals surface area contributed by atoms with Crippen LogP contribution in [0.15, 0.2) is 29.2 Å². The van der Waals surface area contributed by atoms with Crippen LogP contribution < -0.4 is 5.69 Å². The summed E-state index contributed by atoms with van der Waals surface area (Å²) in [5.74, 6) is 0.0546. The zero-order chi connectivity index (χ0) is 10.8. The number of aromatic nitrogens is 3. The number of fused-ring (bicyclic) bond motifs is 1. The van der Waals surface area contributed by atoms with E-state index in [2.05, 4.69) is 5.10 Å². The van der Waals surface area contributed by atoms with Gasteiger partial charge in [0.05, 0.1) is 6.54 Å². The number of ketones is 1. The van der Waals surface area contributed by atoms with Crippen LogP contribution in [0.5, 0.6) is 0 Å². The topological polar surface area (TPSA) is 56.4 Å². The first kappa shape index (κ1) is 9.64. The quantitative estimate of drug-likeness (QED) is 0.732. The third-order valence-corrected chi connectivity index (χ3v) is 2.16. The lowest BCUT2D eigenvalue weighted by atomic mass is 10.3. The second kappa shape index (κ2) is 3.68. The lowest BCUT2D eigenvalue weighted by Crippen LogP contribution is -2.21. The van der Waals surface area contributed by atoms with Crippen molar-refractivity contribution in [2.75, 3.05) is 0 Å². The summed E-state index contributed by atoms with van der Waals surface area (Å²) in [7, 11) is 0. The van der Waals surface area contributed by atoms with Gasteiger partial charge in [0.25, 0.3) is 0 Å². The van der Waals surface area contributed by atoms with Gasteiger partial charge in [-0.3, -0.25) is 9.20 Å². The van der Waals surface area contributed by atoms with Gasteiger partial charge in [-0.05, 0) is 19.1 Å². The van der Waals surface area contributed by atoms with Crippen molar-refractivity contribution in [3.8, 4) is 0 Å². The molecule has 0 saturated carbocycles. The molecule has 0 spiro atoms. The summed E-state index contributed by atoms with van der Waals surface area (Å²) in [5.41, 5.74) is 0.401. The number of hydrogen-bond donors (Lipinski definition) is 0. The minimum Gasteiger partial charge on any atom is -0.300 e. The van der Waals surface area contributed by atoms with Gasteiger partial charge in [0.1, 0.15) is 5.78 Å². The zero-order valence-corrected chi connectivity index (χ0v) is 8.38. The molecule has 0 saturated heterocycles. The summed E-state index contributed by atoms with van der Waals surface area (Å²) >= 11 is 0. The molecule has 2 aromatic heterocycles. The van der Waals surface area contributed by atoms with Crippen LogP contribution in [-0.2, 0) is 11.3 Å². The third kappa shape index (κ3) is 1.81. The van der Waals surface area contributed by atoms with Gasteiger partial charge in [-0.15, -0.1) is 5.10 Å². The molecule has 0 fully saturated rings. The monoisotopic (exact) mass is 205 g/mol. The molecule has 0 amide bonds. The highest BCUT2D eigenvalue weighted by atomic mass is 16.2.